The minimum atomic E-state index is -4.46. The topological polar surface area (TPSA) is 46.9 Å². The summed E-state index contributed by atoms with van der Waals surface area (Å²) in [4.78, 5) is 12.9. The van der Waals surface area contributed by atoms with Gasteiger partial charge in [-0.25, -0.2) is 0 Å². The molecule has 3 rings (SSSR count). The van der Waals surface area contributed by atoms with Crippen LogP contribution >= 0.6 is 11.3 Å². The van der Waals surface area contributed by atoms with Crippen LogP contribution in [0.25, 0.3) is 0 Å². The highest BCUT2D eigenvalue weighted by atomic mass is 32.1. The molecule has 0 aliphatic carbocycles. The maximum absolute atomic E-state index is 12.6. The van der Waals surface area contributed by atoms with Gasteiger partial charge in [0.05, 0.1) is 11.4 Å². The number of carbonyl (C=O) groups is 1. The van der Waals surface area contributed by atoms with Gasteiger partial charge in [-0.3, -0.25) is 9.48 Å². The fourth-order valence-electron chi connectivity index (χ4n) is 2.61. The highest BCUT2D eigenvalue weighted by Gasteiger charge is 2.33. The molecule has 0 fully saturated rings. The molecule has 1 amide bonds. The molecule has 3 aromatic rings. The SMILES string of the molecule is Cc1cc(C)cc(NC(=O)c2cc(Cn3ccc(C(F)(F)F)n3)cs2)c1. The lowest BCUT2D eigenvalue weighted by atomic mass is 10.1. The second-order valence-electron chi connectivity index (χ2n) is 6.05. The Bertz CT molecular complexity index is 923. The molecule has 0 spiro atoms. The molecular formula is C18H16F3N3OS. The van der Waals surface area contributed by atoms with Gasteiger partial charge in [0.25, 0.3) is 5.91 Å². The number of rotatable bonds is 4. The van der Waals surface area contributed by atoms with E-state index in [1.165, 1.54) is 22.2 Å². The van der Waals surface area contributed by atoms with Gasteiger partial charge in [0.1, 0.15) is 0 Å². The highest BCUT2D eigenvalue weighted by Crippen LogP contribution is 2.27. The van der Waals surface area contributed by atoms with Gasteiger partial charge in [-0.05, 0) is 60.2 Å². The van der Waals surface area contributed by atoms with E-state index in [1.807, 2.05) is 32.0 Å². The monoisotopic (exact) mass is 379 g/mol. The second-order valence-corrected chi connectivity index (χ2v) is 6.96. The first-order valence-corrected chi connectivity index (χ1v) is 8.66. The van der Waals surface area contributed by atoms with Gasteiger partial charge in [0.2, 0.25) is 0 Å². The smallest absolute Gasteiger partial charge is 0.321 e. The summed E-state index contributed by atoms with van der Waals surface area (Å²) in [6.45, 7) is 4.07. The van der Waals surface area contributed by atoms with Crippen molar-refractivity contribution in [2.45, 2.75) is 26.6 Å². The summed E-state index contributed by atoms with van der Waals surface area (Å²) in [5, 5.41) is 8.10. The van der Waals surface area contributed by atoms with Crippen molar-refractivity contribution in [2.75, 3.05) is 5.32 Å². The number of benzene rings is 1. The van der Waals surface area contributed by atoms with Crippen LogP contribution in [0.2, 0.25) is 0 Å². The second kappa shape index (κ2) is 6.95. The van der Waals surface area contributed by atoms with Gasteiger partial charge in [-0.2, -0.15) is 18.3 Å². The predicted molar refractivity (Wildman–Crippen MR) is 94.5 cm³/mol. The lowest BCUT2D eigenvalue weighted by molar-refractivity contribution is -0.141. The van der Waals surface area contributed by atoms with Gasteiger partial charge < -0.3 is 5.32 Å². The third kappa shape index (κ3) is 4.32. The van der Waals surface area contributed by atoms with Crippen LogP contribution < -0.4 is 5.32 Å². The number of aromatic nitrogens is 2. The van der Waals surface area contributed by atoms with Crippen LogP contribution in [0.4, 0.5) is 18.9 Å². The predicted octanol–water partition coefficient (Wildman–Crippen LogP) is 4.88. The first-order valence-electron chi connectivity index (χ1n) is 7.78. The summed E-state index contributed by atoms with van der Waals surface area (Å²) in [6.07, 6.45) is -3.19. The van der Waals surface area contributed by atoms with Gasteiger partial charge >= 0.3 is 6.18 Å². The number of hydrogen-bond acceptors (Lipinski definition) is 3. The standard InChI is InChI=1S/C18H16F3N3OS/c1-11-5-12(2)7-14(6-11)22-17(25)15-8-13(10-26-15)9-24-4-3-16(23-24)18(19,20)21/h3-8,10H,9H2,1-2H3,(H,22,25). The molecule has 2 heterocycles. The van der Waals surface area contributed by atoms with Gasteiger partial charge in [-0.15, -0.1) is 11.3 Å². The Labute approximate surface area is 152 Å². The molecule has 1 N–H and O–H groups in total. The number of nitrogens with zero attached hydrogens (tertiary/aromatic N) is 2. The first kappa shape index (κ1) is 18.2. The molecule has 2 aromatic heterocycles. The van der Waals surface area contributed by atoms with Crippen LogP contribution in [0, 0.1) is 13.8 Å². The largest absolute Gasteiger partial charge is 0.435 e. The van der Waals surface area contributed by atoms with Gasteiger partial charge in [0.15, 0.2) is 5.69 Å². The molecule has 0 radical (unpaired) electrons. The molecule has 136 valence electrons. The van der Waals surface area contributed by atoms with Crippen LogP contribution in [0.5, 0.6) is 0 Å². The molecule has 4 nitrogen and oxygen atoms in total. The maximum Gasteiger partial charge on any atom is 0.435 e. The molecule has 0 saturated heterocycles. The minimum Gasteiger partial charge on any atom is -0.321 e. The van der Waals surface area contributed by atoms with Crippen LogP contribution in [-0.4, -0.2) is 15.7 Å². The van der Waals surface area contributed by atoms with E-state index in [9.17, 15) is 18.0 Å². The zero-order chi connectivity index (χ0) is 18.9. The average Bonchev–Trinajstić information content (AvgIpc) is 3.15. The molecule has 8 heteroatoms. The van der Waals surface area contributed by atoms with Crippen molar-refractivity contribution < 1.29 is 18.0 Å². The normalized spacial score (nSPS) is 11.6. The fourth-order valence-corrected chi connectivity index (χ4v) is 3.40. The molecule has 0 atom stereocenters. The van der Waals surface area contributed by atoms with Gasteiger partial charge in [0, 0.05) is 11.9 Å². The van der Waals surface area contributed by atoms with E-state index >= 15 is 0 Å². The highest BCUT2D eigenvalue weighted by molar-refractivity contribution is 7.12. The van der Waals surface area contributed by atoms with Crippen LogP contribution in [0.1, 0.15) is 32.1 Å². The Morgan fingerprint density at radius 3 is 2.50 bits per heavy atom. The quantitative estimate of drug-likeness (QED) is 0.702. The zero-order valence-electron chi connectivity index (χ0n) is 14.1. The van der Waals surface area contributed by atoms with E-state index < -0.39 is 11.9 Å². The van der Waals surface area contributed by atoms with E-state index in [0.717, 1.165) is 22.8 Å². The first-order chi connectivity index (χ1) is 12.2. The summed E-state index contributed by atoms with van der Waals surface area (Å²) < 4.78 is 39.0. The number of nitrogens with one attached hydrogen (secondary N) is 1. The lowest BCUT2D eigenvalue weighted by Gasteiger charge is -2.06. The van der Waals surface area contributed by atoms with E-state index in [2.05, 4.69) is 10.4 Å². The van der Waals surface area contributed by atoms with Crippen LogP contribution in [0.15, 0.2) is 41.9 Å². The molecular weight excluding hydrogens is 363 g/mol. The van der Waals surface area contributed by atoms with Crippen LogP contribution in [0.3, 0.4) is 0 Å². The summed E-state index contributed by atoms with van der Waals surface area (Å²) in [5.41, 5.74) is 2.60. The van der Waals surface area contributed by atoms with E-state index in [0.29, 0.717) is 10.6 Å². The Morgan fingerprint density at radius 1 is 1.19 bits per heavy atom. The number of carbonyl (C=O) groups excluding carboxylic acids is 1. The van der Waals surface area contributed by atoms with Crippen LogP contribution in [-0.2, 0) is 12.7 Å². The average molecular weight is 379 g/mol. The fraction of sp³-hybridized carbons (Fsp3) is 0.222. The number of aryl methyl sites for hydroxylation is 2. The Balaban J connectivity index is 1.69. The zero-order valence-corrected chi connectivity index (χ0v) is 14.9. The minimum absolute atomic E-state index is 0.170. The molecule has 0 saturated carbocycles. The lowest BCUT2D eigenvalue weighted by Crippen LogP contribution is -2.10. The third-order valence-electron chi connectivity index (χ3n) is 3.63. The van der Waals surface area contributed by atoms with Crippen molar-refractivity contribution in [3.05, 3.63) is 69.2 Å². The Hall–Kier alpha value is -2.61. The maximum atomic E-state index is 12.6. The van der Waals surface area contributed by atoms with E-state index in [-0.39, 0.29) is 12.5 Å². The molecule has 0 aliphatic heterocycles. The van der Waals surface area contributed by atoms with Crippen molar-refractivity contribution >= 4 is 22.9 Å². The van der Waals surface area contributed by atoms with Crippen molar-refractivity contribution in [1.82, 2.24) is 9.78 Å². The van der Waals surface area contributed by atoms with Crippen molar-refractivity contribution in [3.8, 4) is 0 Å². The molecule has 1 aromatic carbocycles. The van der Waals surface area contributed by atoms with Crippen molar-refractivity contribution in [2.24, 2.45) is 0 Å². The number of anilines is 1. The molecule has 0 aliphatic rings. The van der Waals surface area contributed by atoms with Gasteiger partial charge in [-0.1, -0.05) is 6.07 Å². The number of amides is 1. The number of alkyl halides is 3. The Morgan fingerprint density at radius 2 is 1.88 bits per heavy atom. The summed E-state index contributed by atoms with van der Waals surface area (Å²) in [6, 6.07) is 8.36. The van der Waals surface area contributed by atoms with E-state index in [4.69, 9.17) is 0 Å². The molecule has 0 bridgehead atoms. The van der Waals surface area contributed by atoms with Crippen molar-refractivity contribution in [3.63, 3.8) is 0 Å². The summed E-state index contributed by atoms with van der Waals surface area (Å²) >= 11 is 1.24. The molecule has 26 heavy (non-hydrogen) atoms. The third-order valence-corrected chi connectivity index (χ3v) is 4.61. The van der Waals surface area contributed by atoms with E-state index in [1.54, 1.807) is 11.4 Å². The summed E-state index contributed by atoms with van der Waals surface area (Å²) in [7, 11) is 0. The Kier molecular flexibility index (Phi) is 4.86. The molecule has 0 unspecified atom stereocenters. The summed E-state index contributed by atoms with van der Waals surface area (Å²) in [5.74, 6) is -0.248. The number of hydrogen-bond donors (Lipinski definition) is 1. The number of halogens is 3. The van der Waals surface area contributed by atoms with Crippen molar-refractivity contribution in [1.29, 1.82) is 0 Å². The number of thiophene rings is 1.